The number of hydrogen-bond donors (Lipinski definition) is 3. The number of nitrogens with one attached hydrogen (secondary N) is 3. The fourth-order valence-corrected chi connectivity index (χ4v) is 9.05. The molecule has 5 heterocycles. The van der Waals surface area contributed by atoms with Crippen LogP contribution in [0.25, 0.3) is 16.6 Å². The number of nitro benzene ring substituents is 1. The second-order valence-corrected chi connectivity index (χ2v) is 18.0. The Labute approximate surface area is 360 Å². The normalized spacial score (nSPS) is 16.0. The van der Waals surface area contributed by atoms with E-state index in [1.807, 2.05) is 18.2 Å². The Morgan fingerprint density at radius 2 is 1.77 bits per heavy atom. The number of carbonyl (C=O) groups is 1. The van der Waals surface area contributed by atoms with Crippen LogP contribution in [0.5, 0.6) is 11.5 Å². The highest BCUT2D eigenvalue weighted by Crippen LogP contribution is 2.36. The molecule has 2 aliphatic rings. The van der Waals surface area contributed by atoms with Crippen LogP contribution in [-0.2, 0) is 14.8 Å². The van der Waals surface area contributed by atoms with Crippen molar-refractivity contribution in [1.82, 2.24) is 24.6 Å². The summed E-state index contributed by atoms with van der Waals surface area (Å²) in [5.74, 6) is -0.492. The zero-order chi connectivity index (χ0) is 43.3. The molecule has 2 saturated heterocycles. The Bertz CT molecular complexity index is 2530. The molecule has 7 rings (SSSR count). The number of piperazine rings is 1. The minimum Gasteiger partial charge on any atom is -0.453 e. The first-order valence-electron chi connectivity index (χ1n) is 20.5. The van der Waals surface area contributed by atoms with Crippen LogP contribution in [0, 0.1) is 16.0 Å². The highest BCUT2D eigenvalue weighted by atomic mass is 35.5. The van der Waals surface area contributed by atoms with Gasteiger partial charge in [-0.2, -0.15) is 0 Å². The van der Waals surface area contributed by atoms with Gasteiger partial charge in [-0.15, -0.1) is 0 Å². The summed E-state index contributed by atoms with van der Waals surface area (Å²) in [5.41, 5.74) is 4.31. The van der Waals surface area contributed by atoms with Crippen LogP contribution in [0.15, 0.2) is 89.7 Å². The van der Waals surface area contributed by atoms with Crippen LogP contribution in [0.1, 0.15) is 69.4 Å². The molecule has 1 amide bonds. The number of rotatable bonds is 15. The molecule has 2 fully saturated rings. The van der Waals surface area contributed by atoms with Crippen LogP contribution >= 0.6 is 11.6 Å². The van der Waals surface area contributed by atoms with E-state index in [-0.39, 0.29) is 28.6 Å². The molecule has 0 radical (unpaired) electrons. The Morgan fingerprint density at radius 1 is 1.03 bits per heavy atom. The molecule has 0 bridgehead atoms. The van der Waals surface area contributed by atoms with E-state index in [4.69, 9.17) is 21.1 Å². The maximum Gasteiger partial charge on any atom is 0.293 e. The number of sulfonamides is 1. The van der Waals surface area contributed by atoms with Crippen LogP contribution in [0.2, 0.25) is 5.02 Å². The van der Waals surface area contributed by atoms with Crippen LogP contribution in [0.4, 0.5) is 17.1 Å². The number of carbonyl (C=O) groups excluding carboxylic acids is 1. The van der Waals surface area contributed by atoms with Gasteiger partial charge in [0.2, 0.25) is 0 Å². The molecule has 0 saturated carbocycles. The minimum absolute atomic E-state index is 0.00855. The number of anilines is 2. The average Bonchev–Trinajstić information content (AvgIpc) is 3.73. The molecule has 0 spiro atoms. The number of amides is 1. The van der Waals surface area contributed by atoms with Crippen molar-refractivity contribution in [3.05, 3.63) is 111 Å². The van der Waals surface area contributed by atoms with Crippen molar-refractivity contribution in [2.45, 2.75) is 63.8 Å². The van der Waals surface area contributed by atoms with E-state index in [9.17, 15) is 23.3 Å². The van der Waals surface area contributed by atoms with Gasteiger partial charge in [0.15, 0.2) is 11.4 Å². The number of nitro groups is 1. The lowest BCUT2D eigenvalue weighted by Crippen LogP contribution is -2.55. The number of benzene rings is 2. The second-order valence-electron chi connectivity index (χ2n) is 15.9. The van der Waals surface area contributed by atoms with Gasteiger partial charge in [-0.3, -0.25) is 19.8 Å². The molecule has 0 unspecified atom stereocenters. The molecule has 3 N–H and O–H groups in total. The van der Waals surface area contributed by atoms with Crippen molar-refractivity contribution in [3.63, 3.8) is 0 Å². The number of pyridine rings is 2. The van der Waals surface area contributed by atoms with Gasteiger partial charge >= 0.3 is 0 Å². The Morgan fingerprint density at radius 3 is 2.48 bits per heavy atom. The quantitative estimate of drug-likeness (QED) is 0.0675. The lowest BCUT2D eigenvalue weighted by Gasteiger charge is -2.46. The largest absolute Gasteiger partial charge is 0.453 e. The van der Waals surface area contributed by atoms with Crippen molar-refractivity contribution < 1.29 is 27.6 Å². The second kappa shape index (κ2) is 18.6. The maximum absolute atomic E-state index is 13.9. The summed E-state index contributed by atoms with van der Waals surface area (Å²) < 4.78 is 41.0. The SMILES string of the molecule is CCCC(=C(C)C(C)(C)N1CCN(c2cnc(C(=O)NS(=O)(=O)c3ccc(NCC4CCOCC4)c([N+](=O)[O-])c3)c(Oc3cnc4[nH]ccc4c3)c2)CC1)c1ccc(Cl)cc1. The van der Waals surface area contributed by atoms with Gasteiger partial charge in [-0.1, -0.05) is 37.1 Å². The summed E-state index contributed by atoms with van der Waals surface area (Å²) in [6.07, 6.45) is 8.35. The van der Waals surface area contributed by atoms with Gasteiger partial charge in [-0.05, 0) is 99.1 Å². The molecule has 17 heteroatoms. The molecule has 2 aliphatic heterocycles. The lowest BCUT2D eigenvalue weighted by molar-refractivity contribution is -0.384. The number of fused-ring (bicyclic) bond motifs is 1. The molecular formula is C44H51ClN8O7S. The van der Waals surface area contributed by atoms with E-state index in [0.717, 1.165) is 50.2 Å². The van der Waals surface area contributed by atoms with E-state index in [1.54, 1.807) is 18.3 Å². The van der Waals surface area contributed by atoms with Crippen LogP contribution in [-0.4, -0.2) is 90.6 Å². The predicted molar refractivity (Wildman–Crippen MR) is 237 cm³/mol. The van der Waals surface area contributed by atoms with E-state index in [2.05, 4.69) is 74.6 Å². The molecule has 61 heavy (non-hydrogen) atoms. The molecule has 0 atom stereocenters. The molecular weight excluding hydrogens is 820 g/mol. The van der Waals surface area contributed by atoms with Crippen molar-refractivity contribution >= 4 is 61.2 Å². The van der Waals surface area contributed by atoms with Gasteiger partial charge in [0, 0.05) is 80.2 Å². The van der Waals surface area contributed by atoms with E-state index >= 15 is 0 Å². The molecule has 5 aromatic rings. The first-order valence-corrected chi connectivity index (χ1v) is 22.3. The average molecular weight is 871 g/mol. The number of ether oxygens (including phenoxy) is 2. The molecule has 2 aromatic carbocycles. The third-order valence-corrected chi connectivity index (χ3v) is 13.4. The predicted octanol–water partition coefficient (Wildman–Crippen LogP) is 8.44. The molecule has 322 valence electrons. The van der Waals surface area contributed by atoms with Gasteiger partial charge in [0.1, 0.15) is 17.1 Å². The van der Waals surface area contributed by atoms with Gasteiger partial charge < -0.3 is 24.7 Å². The third-order valence-electron chi connectivity index (χ3n) is 11.8. The minimum atomic E-state index is -4.60. The highest BCUT2D eigenvalue weighted by molar-refractivity contribution is 7.90. The monoisotopic (exact) mass is 870 g/mol. The van der Waals surface area contributed by atoms with Crippen LogP contribution in [0.3, 0.4) is 0 Å². The van der Waals surface area contributed by atoms with E-state index < -0.39 is 31.4 Å². The summed E-state index contributed by atoms with van der Waals surface area (Å²) in [7, 11) is -4.60. The van der Waals surface area contributed by atoms with E-state index in [1.165, 1.54) is 41.2 Å². The maximum atomic E-state index is 13.9. The number of halogens is 1. The fraction of sp³-hybridized carbons (Fsp3) is 0.386. The number of allylic oxidation sites excluding steroid dienone is 1. The van der Waals surface area contributed by atoms with Crippen molar-refractivity contribution in [1.29, 1.82) is 0 Å². The third kappa shape index (κ3) is 9.99. The zero-order valence-corrected chi connectivity index (χ0v) is 36.3. The standard InChI is InChI=1S/C44H51ClN8O7S/c1-5-6-37(31-7-9-33(45)10-8-31)29(2)44(3,4)52-19-17-51(18-20-52)34-24-40(60-35-23-32-13-16-46-42(32)49-28-35)41(48-27-34)43(54)50-61(57,58)36-11-12-38(39(25-36)53(55)56)47-26-30-14-21-59-22-15-30/h7-13,16,23-25,27-28,30,47H,5-6,14-15,17-22,26H2,1-4H3,(H,46,49)(H,50,54). The lowest BCUT2D eigenvalue weighted by atomic mass is 9.84. The Hall–Kier alpha value is -5.55. The molecule has 3 aromatic heterocycles. The summed E-state index contributed by atoms with van der Waals surface area (Å²) in [5, 5.41) is 16.6. The van der Waals surface area contributed by atoms with Crippen molar-refractivity contribution in [2.24, 2.45) is 5.92 Å². The highest BCUT2D eigenvalue weighted by Gasteiger charge is 2.34. The number of nitrogens with zero attached hydrogens (tertiary/aromatic N) is 5. The smallest absolute Gasteiger partial charge is 0.293 e. The Balaban J connectivity index is 1.12. The van der Waals surface area contributed by atoms with Gasteiger partial charge in [0.05, 0.1) is 27.9 Å². The van der Waals surface area contributed by atoms with Crippen molar-refractivity contribution in [3.8, 4) is 11.5 Å². The topological polar surface area (TPSA) is 185 Å². The van der Waals surface area contributed by atoms with Gasteiger partial charge in [-0.25, -0.2) is 23.1 Å². The fourth-order valence-electron chi connectivity index (χ4n) is 7.95. The van der Waals surface area contributed by atoms with Crippen LogP contribution < -0.4 is 19.7 Å². The summed E-state index contributed by atoms with van der Waals surface area (Å²) >= 11 is 6.22. The van der Waals surface area contributed by atoms with Gasteiger partial charge in [0.25, 0.3) is 21.6 Å². The number of aromatic nitrogens is 3. The summed E-state index contributed by atoms with van der Waals surface area (Å²) in [4.78, 5) is 41.3. The summed E-state index contributed by atoms with van der Waals surface area (Å²) in [6, 6.07) is 16.8. The first-order chi connectivity index (χ1) is 29.2. The summed E-state index contributed by atoms with van der Waals surface area (Å²) in [6.45, 7) is 13.4. The zero-order valence-electron chi connectivity index (χ0n) is 34.7. The van der Waals surface area contributed by atoms with Crippen molar-refractivity contribution in [2.75, 3.05) is 56.2 Å². The molecule has 0 aliphatic carbocycles. The Kier molecular flexibility index (Phi) is 13.3. The van der Waals surface area contributed by atoms with E-state index in [0.29, 0.717) is 55.0 Å². The molecule has 15 nitrogen and oxygen atoms in total. The number of hydrogen-bond acceptors (Lipinski definition) is 12. The number of aromatic amines is 1. The number of H-pyrrole nitrogens is 1. The first kappa shape index (κ1) is 43.5.